The van der Waals surface area contributed by atoms with Crippen LogP contribution in [0.1, 0.15) is 40.0 Å². The zero-order valence-corrected chi connectivity index (χ0v) is 15.5. The molecule has 0 aromatic heterocycles. The van der Waals surface area contributed by atoms with Crippen molar-refractivity contribution in [3.05, 3.63) is 0 Å². The SMILES string of the molecule is CCOC(=O)N1CCC(NC(N)=NCCCSCC(C)C)CC1. The summed E-state index contributed by atoms with van der Waals surface area (Å²) in [6.45, 7) is 8.90. The lowest BCUT2D eigenvalue weighted by Gasteiger charge is -2.31. The molecule has 1 amide bonds. The summed E-state index contributed by atoms with van der Waals surface area (Å²) in [6.07, 6.45) is 2.59. The fourth-order valence-corrected chi connectivity index (χ4v) is 3.33. The summed E-state index contributed by atoms with van der Waals surface area (Å²) in [4.78, 5) is 17.8. The maximum atomic E-state index is 11.6. The maximum Gasteiger partial charge on any atom is 0.409 e. The van der Waals surface area contributed by atoms with Gasteiger partial charge >= 0.3 is 6.09 Å². The van der Waals surface area contributed by atoms with Gasteiger partial charge in [0.2, 0.25) is 0 Å². The Morgan fingerprint density at radius 3 is 2.74 bits per heavy atom. The van der Waals surface area contributed by atoms with E-state index in [2.05, 4.69) is 24.2 Å². The summed E-state index contributed by atoms with van der Waals surface area (Å²) in [5, 5.41) is 3.26. The van der Waals surface area contributed by atoms with E-state index in [0.717, 1.165) is 37.5 Å². The number of carbonyl (C=O) groups is 1. The molecular weight excluding hydrogens is 312 g/mol. The van der Waals surface area contributed by atoms with Crippen LogP contribution in [0.25, 0.3) is 0 Å². The van der Waals surface area contributed by atoms with Crippen molar-refractivity contribution in [2.75, 3.05) is 37.7 Å². The quantitative estimate of drug-likeness (QED) is 0.401. The van der Waals surface area contributed by atoms with E-state index in [9.17, 15) is 4.79 Å². The first-order valence-corrected chi connectivity index (χ1v) is 9.74. The van der Waals surface area contributed by atoms with Gasteiger partial charge in [-0.25, -0.2) is 4.79 Å². The third-order valence-corrected chi connectivity index (χ3v) is 5.03. The van der Waals surface area contributed by atoms with Crippen LogP contribution in [0.15, 0.2) is 4.99 Å². The number of nitrogens with zero attached hydrogens (tertiary/aromatic N) is 2. The average Bonchev–Trinajstić information content (AvgIpc) is 2.51. The number of likely N-dealkylation sites (tertiary alicyclic amines) is 1. The maximum absolute atomic E-state index is 11.6. The molecule has 7 heteroatoms. The van der Waals surface area contributed by atoms with Gasteiger partial charge in [0.05, 0.1) is 6.61 Å². The molecule has 1 rings (SSSR count). The van der Waals surface area contributed by atoms with Crippen molar-refractivity contribution in [2.24, 2.45) is 16.6 Å². The van der Waals surface area contributed by atoms with Crippen LogP contribution in [0.5, 0.6) is 0 Å². The van der Waals surface area contributed by atoms with Crippen LogP contribution in [0, 0.1) is 5.92 Å². The summed E-state index contributed by atoms with van der Waals surface area (Å²) < 4.78 is 5.01. The van der Waals surface area contributed by atoms with E-state index in [0.29, 0.717) is 31.7 Å². The van der Waals surface area contributed by atoms with Gasteiger partial charge in [-0.05, 0) is 43.6 Å². The molecule has 1 fully saturated rings. The molecule has 3 N–H and O–H groups in total. The molecule has 1 aliphatic rings. The first kappa shape index (κ1) is 19.9. The predicted octanol–water partition coefficient (Wildman–Crippen LogP) is 2.29. The van der Waals surface area contributed by atoms with Crippen LogP contribution < -0.4 is 11.1 Å². The molecule has 0 aliphatic carbocycles. The van der Waals surface area contributed by atoms with Gasteiger partial charge in [0.1, 0.15) is 0 Å². The molecule has 1 saturated heterocycles. The van der Waals surface area contributed by atoms with Crippen LogP contribution in [0.4, 0.5) is 4.79 Å². The van der Waals surface area contributed by atoms with Gasteiger partial charge in [0, 0.05) is 25.7 Å². The lowest BCUT2D eigenvalue weighted by Crippen LogP contribution is -2.48. The van der Waals surface area contributed by atoms with Crippen LogP contribution >= 0.6 is 11.8 Å². The molecule has 134 valence electrons. The number of nitrogens with two attached hydrogens (primary N) is 1. The lowest BCUT2D eigenvalue weighted by atomic mass is 10.1. The number of guanidine groups is 1. The number of hydrogen-bond donors (Lipinski definition) is 2. The number of rotatable bonds is 8. The molecule has 23 heavy (non-hydrogen) atoms. The number of thioether (sulfide) groups is 1. The van der Waals surface area contributed by atoms with Crippen molar-refractivity contribution in [3.63, 3.8) is 0 Å². The first-order chi connectivity index (χ1) is 11.0. The Balaban J connectivity index is 2.14. The Morgan fingerprint density at radius 2 is 2.13 bits per heavy atom. The Bertz CT molecular complexity index is 369. The molecule has 0 unspecified atom stereocenters. The van der Waals surface area contributed by atoms with Crippen LogP contribution in [0.2, 0.25) is 0 Å². The van der Waals surface area contributed by atoms with Gasteiger partial charge in [-0.1, -0.05) is 13.8 Å². The van der Waals surface area contributed by atoms with Crippen LogP contribution in [-0.2, 0) is 4.74 Å². The smallest absolute Gasteiger partial charge is 0.409 e. The number of nitrogens with one attached hydrogen (secondary N) is 1. The molecule has 0 spiro atoms. The Morgan fingerprint density at radius 1 is 1.43 bits per heavy atom. The monoisotopic (exact) mass is 344 g/mol. The van der Waals surface area contributed by atoms with Gasteiger partial charge in [-0.3, -0.25) is 4.99 Å². The molecule has 0 saturated carbocycles. The molecule has 0 aromatic rings. The van der Waals surface area contributed by atoms with E-state index in [1.54, 1.807) is 4.90 Å². The summed E-state index contributed by atoms with van der Waals surface area (Å²) in [5.41, 5.74) is 5.94. The van der Waals surface area contributed by atoms with Crippen molar-refractivity contribution >= 4 is 23.8 Å². The number of carbonyl (C=O) groups excluding carboxylic acids is 1. The minimum absolute atomic E-state index is 0.216. The van der Waals surface area contributed by atoms with Crippen molar-refractivity contribution in [1.82, 2.24) is 10.2 Å². The third-order valence-electron chi connectivity index (χ3n) is 3.55. The second-order valence-corrected chi connectivity index (χ2v) is 7.34. The Kier molecular flexibility index (Phi) is 9.91. The standard InChI is InChI=1S/C16H32N4O2S/c1-4-22-16(21)20-9-6-14(7-10-20)19-15(17)18-8-5-11-23-12-13(2)3/h13-14H,4-12H2,1-3H3,(H3,17,18,19). The second-order valence-electron chi connectivity index (χ2n) is 6.19. The van der Waals surface area contributed by atoms with Gasteiger partial charge in [-0.15, -0.1) is 0 Å². The van der Waals surface area contributed by atoms with Crippen molar-refractivity contribution < 1.29 is 9.53 Å². The number of hydrogen-bond acceptors (Lipinski definition) is 4. The van der Waals surface area contributed by atoms with E-state index in [-0.39, 0.29) is 6.09 Å². The highest BCUT2D eigenvalue weighted by Crippen LogP contribution is 2.11. The average molecular weight is 345 g/mol. The van der Waals surface area contributed by atoms with Crippen molar-refractivity contribution in [3.8, 4) is 0 Å². The van der Waals surface area contributed by atoms with E-state index in [4.69, 9.17) is 10.5 Å². The number of piperidine rings is 1. The van der Waals surface area contributed by atoms with E-state index >= 15 is 0 Å². The summed E-state index contributed by atoms with van der Waals surface area (Å²) in [6, 6.07) is 0.291. The molecule has 0 atom stereocenters. The highest BCUT2D eigenvalue weighted by molar-refractivity contribution is 7.99. The largest absolute Gasteiger partial charge is 0.450 e. The fourth-order valence-electron chi connectivity index (χ4n) is 2.36. The second kappa shape index (κ2) is 11.4. The predicted molar refractivity (Wildman–Crippen MR) is 98.0 cm³/mol. The molecule has 6 nitrogen and oxygen atoms in total. The summed E-state index contributed by atoms with van der Waals surface area (Å²) >= 11 is 1.98. The molecule has 1 aliphatic heterocycles. The van der Waals surface area contributed by atoms with Crippen molar-refractivity contribution in [1.29, 1.82) is 0 Å². The first-order valence-electron chi connectivity index (χ1n) is 8.58. The topological polar surface area (TPSA) is 80.0 Å². The summed E-state index contributed by atoms with van der Waals surface area (Å²) in [5.74, 6) is 3.60. The van der Waals surface area contributed by atoms with Gasteiger partial charge in [-0.2, -0.15) is 11.8 Å². The van der Waals surface area contributed by atoms with Crippen molar-refractivity contribution in [2.45, 2.75) is 46.1 Å². The van der Waals surface area contributed by atoms with Crippen LogP contribution in [-0.4, -0.2) is 60.7 Å². The zero-order valence-electron chi connectivity index (χ0n) is 14.7. The third kappa shape index (κ3) is 8.93. The number of aliphatic imine (C=N–C) groups is 1. The molecule has 0 radical (unpaired) electrons. The fraction of sp³-hybridized carbons (Fsp3) is 0.875. The highest BCUT2D eigenvalue weighted by Gasteiger charge is 2.23. The molecule has 0 aromatic carbocycles. The van der Waals surface area contributed by atoms with E-state index < -0.39 is 0 Å². The Hall–Kier alpha value is -1.11. The minimum atomic E-state index is -0.216. The lowest BCUT2D eigenvalue weighted by molar-refractivity contribution is 0.0963. The van der Waals surface area contributed by atoms with E-state index in [1.165, 1.54) is 5.75 Å². The van der Waals surface area contributed by atoms with Crippen LogP contribution in [0.3, 0.4) is 0 Å². The Labute approximate surface area is 144 Å². The normalized spacial score (nSPS) is 16.7. The zero-order chi connectivity index (χ0) is 17.1. The van der Waals surface area contributed by atoms with Gasteiger partial charge in [0.25, 0.3) is 0 Å². The van der Waals surface area contributed by atoms with Gasteiger partial charge < -0.3 is 20.7 Å². The molecule has 0 bridgehead atoms. The number of amides is 1. The van der Waals surface area contributed by atoms with Gasteiger partial charge in [0.15, 0.2) is 5.96 Å². The summed E-state index contributed by atoms with van der Waals surface area (Å²) in [7, 11) is 0. The molecular formula is C16H32N4O2S. The molecule has 1 heterocycles. The minimum Gasteiger partial charge on any atom is -0.450 e. The highest BCUT2D eigenvalue weighted by atomic mass is 32.2. The van der Waals surface area contributed by atoms with E-state index in [1.807, 2.05) is 18.7 Å². The number of ether oxygens (including phenoxy) is 1.